The van der Waals surface area contributed by atoms with Gasteiger partial charge in [-0.3, -0.25) is 0 Å². The number of H-pyrrole nitrogens is 1. The van der Waals surface area contributed by atoms with Crippen LogP contribution in [0.15, 0.2) is 18.6 Å². The molecule has 0 amide bonds. The van der Waals surface area contributed by atoms with E-state index < -0.39 is 10.0 Å². The van der Waals surface area contributed by atoms with Crippen LogP contribution in [0.5, 0.6) is 0 Å². The van der Waals surface area contributed by atoms with Crippen LogP contribution in [0, 0.1) is 5.92 Å². The Hall–Kier alpha value is -1.67. The second kappa shape index (κ2) is 6.21. The molecule has 1 saturated heterocycles. The average molecular weight is 323 g/mol. The van der Waals surface area contributed by atoms with E-state index >= 15 is 0 Å². The molecular formula is C14H21N5O2S. The Morgan fingerprint density at radius 1 is 1.45 bits per heavy atom. The molecule has 1 aliphatic heterocycles. The first-order chi connectivity index (χ1) is 10.6. The molecule has 2 aromatic rings. The Morgan fingerprint density at radius 2 is 2.32 bits per heavy atom. The van der Waals surface area contributed by atoms with Gasteiger partial charge in [-0.15, -0.1) is 0 Å². The number of hydrogen-bond donors (Lipinski definition) is 2. The molecule has 0 radical (unpaired) electrons. The van der Waals surface area contributed by atoms with Gasteiger partial charge in [0.25, 0.3) is 0 Å². The molecule has 2 aromatic heterocycles. The van der Waals surface area contributed by atoms with Crippen LogP contribution < -0.4 is 5.32 Å². The minimum Gasteiger partial charge on any atom is -0.369 e. The molecular weight excluding hydrogens is 302 g/mol. The second-order valence-corrected chi connectivity index (χ2v) is 7.87. The topological polar surface area (TPSA) is 91.0 Å². The van der Waals surface area contributed by atoms with Gasteiger partial charge in [-0.2, -0.15) is 0 Å². The van der Waals surface area contributed by atoms with Crippen molar-refractivity contribution in [1.29, 1.82) is 0 Å². The maximum Gasteiger partial charge on any atom is 0.213 e. The van der Waals surface area contributed by atoms with Crippen molar-refractivity contribution in [3.63, 3.8) is 0 Å². The molecule has 2 N–H and O–H groups in total. The van der Waals surface area contributed by atoms with Gasteiger partial charge in [-0.05, 0) is 31.7 Å². The van der Waals surface area contributed by atoms with Crippen molar-refractivity contribution < 1.29 is 8.42 Å². The summed E-state index contributed by atoms with van der Waals surface area (Å²) in [5.74, 6) is 1.27. The lowest BCUT2D eigenvalue weighted by Gasteiger charge is -2.31. The van der Waals surface area contributed by atoms with Gasteiger partial charge in [0.1, 0.15) is 17.8 Å². The highest BCUT2D eigenvalue weighted by Gasteiger charge is 2.27. The van der Waals surface area contributed by atoms with Gasteiger partial charge in [-0.1, -0.05) is 0 Å². The Morgan fingerprint density at radius 3 is 3.14 bits per heavy atom. The number of nitrogens with zero attached hydrogens (tertiary/aromatic N) is 3. The fourth-order valence-corrected chi connectivity index (χ4v) is 4.09. The summed E-state index contributed by atoms with van der Waals surface area (Å²) >= 11 is 0. The van der Waals surface area contributed by atoms with Crippen molar-refractivity contribution in [3.05, 3.63) is 18.6 Å². The van der Waals surface area contributed by atoms with Crippen molar-refractivity contribution in [2.45, 2.75) is 19.8 Å². The van der Waals surface area contributed by atoms with Crippen molar-refractivity contribution in [3.8, 4) is 0 Å². The van der Waals surface area contributed by atoms with Crippen molar-refractivity contribution in [1.82, 2.24) is 19.3 Å². The average Bonchev–Trinajstić information content (AvgIpc) is 3.02. The molecule has 0 bridgehead atoms. The van der Waals surface area contributed by atoms with Gasteiger partial charge in [0, 0.05) is 25.8 Å². The fourth-order valence-electron chi connectivity index (χ4n) is 2.88. The number of aromatic amines is 1. The number of anilines is 1. The van der Waals surface area contributed by atoms with E-state index in [1.165, 1.54) is 6.33 Å². The van der Waals surface area contributed by atoms with E-state index in [1.807, 2.05) is 12.3 Å². The molecule has 1 aliphatic rings. The minimum absolute atomic E-state index is 0.170. The molecule has 1 atom stereocenters. The third kappa shape index (κ3) is 3.07. The normalized spacial score (nSPS) is 20.3. The van der Waals surface area contributed by atoms with E-state index in [0.29, 0.717) is 25.6 Å². The molecule has 1 unspecified atom stereocenters. The summed E-state index contributed by atoms with van der Waals surface area (Å²) in [5.41, 5.74) is 0.802. The predicted octanol–water partition coefficient (Wildman–Crippen LogP) is 1.43. The van der Waals surface area contributed by atoms with Crippen LogP contribution >= 0.6 is 0 Å². The molecule has 7 nitrogen and oxygen atoms in total. The molecule has 22 heavy (non-hydrogen) atoms. The largest absolute Gasteiger partial charge is 0.369 e. The molecule has 3 heterocycles. The van der Waals surface area contributed by atoms with E-state index in [9.17, 15) is 8.42 Å². The van der Waals surface area contributed by atoms with Crippen LogP contribution in [0.2, 0.25) is 0 Å². The number of rotatable bonds is 5. The van der Waals surface area contributed by atoms with Crippen LogP contribution in [-0.2, 0) is 10.0 Å². The molecule has 3 rings (SSSR count). The second-order valence-electron chi connectivity index (χ2n) is 5.61. The van der Waals surface area contributed by atoms with Gasteiger partial charge in [0.2, 0.25) is 10.0 Å². The first-order valence-electron chi connectivity index (χ1n) is 7.60. The van der Waals surface area contributed by atoms with Crippen LogP contribution in [0.1, 0.15) is 19.8 Å². The Balaban J connectivity index is 1.65. The first-order valence-corrected chi connectivity index (χ1v) is 9.21. The number of nitrogens with one attached hydrogen (secondary N) is 2. The molecule has 0 saturated carbocycles. The summed E-state index contributed by atoms with van der Waals surface area (Å²) in [6.45, 7) is 3.64. The van der Waals surface area contributed by atoms with E-state index in [-0.39, 0.29) is 5.75 Å². The van der Waals surface area contributed by atoms with E-state index in [0.717, 1.165) is 29.7 Å². The van der Waals surface area contributed by atoms with E-state index in [1.54, 1.807) is 11.2 Å². The number of sulfonamides is 1. The highest BCUT2D eigenvalue weighted by molar-refractivity contribution is 7.89. The molecule has 0 spiro atoms. The van der Waals surface area contributed by atoms with E-state index in [4.69, 9.17) is 0 Å². The van der Waals surface area contributed by atoms with Gasteiger partial charge in [0.05, 0.1) is 11.1 Å². The third-order valence-electron chi connectivity index (χ3n) is 4.15. The first kappa shape index (κ1) is 15.2. The van der Waals surface area contributed by atoms with Gasteiger partial charge < -0.3 is 10.3 Å². The maximum atomic E-state index is 12.0. The quantitative estimate of drug-likeness (QED) is 0.868. The van der Waals surface area contributed by atoms with Gasteiger partial charge >= 0.3 is 0 Å². The molecule has 8 heteroatoms. The molecule has 120 valence electrons. The van der Waals surface area contributed by atoms with Crippen molar-refractivity contribution in [2.24, 2.45) is 5.92 Å². The highest BCUT2D eigenvalue weighted by Crippen LogP contribution is 2.22. The molecule has 1 fully saturated rings. The smallest absolute Gasteiger partial charge is 0.213 e. The standard InChI is InChI=1S/C14H21N5O2S/c1-2-22(20,21)19-7-3-4-11(9-19)8-16-14-12-5-6-15-13(12)17-10-18-14/h5-6,10-11H,2-4,7-9H2,1H3,(H2,15,16,17,18). The van der Waals surface area contributed by atoms with Crippen LogP contribution in [0.25, 0.3) is 11.0 Å². The Labute approximate surface area is 130 Å². The van der Waals surface area contributed by atoms with Crippen LogP contribution in [0.3, 0.4) is 0 Å². The highest BCUT2D eigenvalue weighted by atomic mass is 32.2. The maximum absolute atomic E-state index is 12.0. The Kier molecular flexibility index (Phi) is 4.30. The van der Waals surface area contributed by atoms with Crippen LogP contribution in [-0.4, -0.2) is 53.1 Å². The lowest BCUT2D eigenvalue weighted by molar-refractivity contribution is 0.275. The summed E-state index contributed by atoms with van der Waals surface area (Å²) < 4.78 is 25.6. The zero-order valence-electron chi connectivity index (χ0n) is 12.6. The third-order valence-corrected chi connectivity index (χ3v) is 6.00. The summed E-state index contributed by atoms with van der Waals surface area (Å²) in [4.78, 5) is 11.5. The van der Waals surface area contributed by atoms with Crippen LogP contribution in [0.4, 0.5) is 5.82 Å². The summed E-state index contributed by atoms with van der Waals surface area (Å²) in [6.07, 6.45) is 5.30. The molecule has 0 aliphatic carbocycles. The number of fused-ring (bicyclic) bond motifs is 1. The zero-order valence-corrected chi connectivity index (χ0v) is 13.4. The summed E-state index contributed by atoms with van der Waals surface area (Å²) in [7, 11) is -3.09. The summed E-state index contributed by atoms with van der Waals surface area (Å²) in [6, 6.07) is 1.94. The van der Waals surface area contributed by atoms with Crippen molar-refractivity contribution >= 4 is 26.9 Å². The van der Waals surface area contributed by atoms with E-state index in [2.05, 4.69) is 20.3 Å². The number of piperidine rings is 1. The van der Waals surface area contributed by atoms with Crippen molar-refractivity contribution in [2.75, 3.05) is 30.7 Å². The minimum atomic E-state index is -3.09. The molecule has 0 aromatic carbocycles. The monoisotopic (exact) mass is 323 g/mol. The lowest BCUT2D eigenvalue weighted by Crippen LogP contribution is -2.42. The van der Waals surface area contributed by atoms with Gasteiger partial charge in [0.15, 0.2) is 0 Å². The lowest BCUT2D eigenvalue weighted by atomic mass is 10.00. The summed E-state index contributed by atoms with van der Waals surface area (Å²) in [5, 5.41) is 4.30. The fraction of sp³-hybridized carbons (Fsp3) is 0.571. The zero-order chi connectivity index (χ0) is 15.6. The number of hydrogen-bond acceptors (Lipinski definition) is 5. The van der Waals surface area contributed by atoms with Gasteiger partial charge in [-0.25, -0.2) is 22.7 Å². The SMILES string of the molecule is CCS(=O)(=O)N1CCCC(CNc2ncnc3[nH]ccc23)C1. The predicted molar refractivity (Wildman–Crippen MR) is 86.1 cm³/mol. The number of aromatic nitrogens is 3. The Bertz CT molecular complexity index is 743.